The second-order valence-electron chi connectivity index (χ2n) is 7.88. The topological polar surface area (TPSA) is 71.3 Å². The molecule has 1 saturated heterocycles. The summed E-state index contributed by atoms with van der Waals surface area (Å²) in [5.41, 5.74) is 0.714. The van der Waals surface area contributed by atoms with Gasteiger partial charge in [0, 0.05) is 37.5 Å². The zero-order chi connectivity index (χ0) is 19.3. The third kappa shape index (κ3) is 5.16. The molecule has 1 aliphatic carbocycles. The molecule has 28 heavy (non-hydrogen) atoms. The highest BCUT2D eigenvalue weighted by Crippen LogP contribution is 2.28. The standard InChI is InChI=1S/C21H27FN4O2/c22-17-8-6-16(7-9-17)21-24-19(28-25-21)2-1-3-20(27)26-12-10-18(11-13-26)23-14-15-4-5-15/h6-9,15,18,23H,1-5,10-14H2. The summed E-state index contributed by atoms with van der Waals surface area (Å²) in [6, 6.07) is 6.55. The molecular formula is C21H27FN4O2. The van der Waals surface area contributed by atoms with Crippen LogP contribution in [-0.4, -0.2) is 46.6 Å². The molecule has 1 amide bonds. The fraction of sp³-hybridized carbons (Fsp3) is 0.571. The Balaban J connectivity index is 1.17. The second kappa shape index (κ2) is 8.82. The molecule has 1 N–H and O–H groups in total. The summed E-state index contributed by atoms with van der Waals surface area (Å²) in [6.07, 6.45) is 6.58. The number of aromatic nitrogens is 2. The van der Waals surface area contributed by atoms with Crippen molar-refractivity contribution in [2.75, 3.05) is 19.6 Å². The summed E-state index contributed by atoms with van der Waals surface area (Å²) in [5, 5.41) is 7.58. The number of hydrogen-bond acceptors (Lipinski definition) is 5. The molecule has 1 aliphatic heterocycles. The number of amides is 1. The van der Waals surface area contributed by atoms with Crippen molar-refractivity contribution in [1.82, 2.24) is 20.4 Å². The van der Waals surface area contributed by atoms with Gasteiger partial charge < -0.3 is 14.7 Å². The van der Waals surface area contributed by atoms with Gasteiger partial charge in [0.05, 0.1) is 0 Å². The highest BCUT2D eigenvalue weighted by atomic mass is 19.1. The number of hydrogen-bond donors (Lipinski definition) is 1. The molecule has 0 bridgehead atoms. The van der Waals surface area contributed by atoms with E-state index in [-0.39, 0.29) is 11.7 Å². The van der Waals surface area contributed by atoms with E-state index in [1.54, 1.807) is 12.1 Å². The molecule has 4 rings (SSSR count). The van der Waals surface area contributed by atoms with E-state index in [1.165, 1.54) is 25.0 Å². The smallest absolute Gasteiger partial charge is 0.226 e. The Morgan fingerprint density at radius 3 is 2.64 bits per heavy atom. The summed E-state index contributed by atoms with van der Waals surface area (Å²) in [7, 11) is 0. The van der Waals surface area contributed by atoms with Crippen molar-refractivity contribution in [3.05, 3.63) is 36.0 Å². The normalized spacial score (nSPS) is 17.8. The van der Waals surface area contributed by atoms with Crippen molar-refractivity contribution in [3.8, 4) is 11.4 Å². The molecule has 7 heteroatoms. The first-order chi connectivity index (χ1) is 13.7. The molecule has 0 radical (unpaired) electrons. The maximum atomic E-state index is 13.0. The number of piperidine rings is 1. The van der Waals surface area contributed by atoms with Crippen molar-refractivity contribution in [2.24, 2.45) is 5.92 Å². The number of nitrogens with one attached hydrogen (secondary N) is 1. The van der Waals surface area contributed by atoms with Gasteiger partial charge in [-0.15, -0.1) is 0 Å². The number of rotatable bonds is 8. The lowest BCUT2D eigenvalue weighted by atomic mass is 10.0. The van der Waals surface area contributed by atoms with Crippen molar-refractivity contribution in [3.63, 3.8) is 0 Å². The van der Waals surface area contributed by atoms with E-state index >= 15 is 0 Å². The Bertz CT molecular complexity index is 780. The molecule has 2 aromatic rings. The molecule has 2 aliphatic rings. The summed E-state index contributed by atoms with van der Waals surface area (Å²) < 4.78 is 18.2. The molecule has 0 atom stereocenters. The first-order valence-corrected chi connectivity index (χ1v) is 10.3. The van der Waals surface area contributed by atoms with Gasteiger partial charge in [-0.2, -0.15) is 4.98 Å². The third-order valence-corrected chi connectivity index (χ3v) is 5.59. The van der Waals surface area contributed by atoms with E-state index in [2.05, 4.69) is 15.5 Å². The molecule has 1 saturated carbocycles. The molecule has 1 aromatic heterocycles. The highest BCUT2D eigenvalue weighted by Gasteiger charge is 2.25. The number of carbonyl (C=O) groups excluding carboxylic acids is 1. The number of benzene rings is 1. The minimum atomic E-state index is -0.297. The van der Waals surface area contributed by atoms with Gasteiger partial charge in [0.15, 0.2) is 0 Å². The third-order valence-electron chi connectivity index (χ3n) is 5.59. The number of likely N-dealkylation sites (tertiary alicyclic amines) is 1. The van der Waals surface area contributed by atoms with Crippen LogP contribution >= 0.6 is 0 Å². The van der Waals surface area contributed by atoms with Crippen molar-refractivity contribution < 1.29 is 13.7 Å². The lowest BCUT2D eigenvalue weighted by molar-refractivity contribution is -0.132. The van der Waals surface area contributed by atoms with Crippen LogP contribution in [0, 0.1) is 11.7 Å². The van der Waals surface area contributed by atoms with Crippen molar-refractivity contribution >= 4 is 5.91 Å². The average molecular weight is 386 g/mol. The second-order valence-corrected chi connectivity index (χ2v) is 7.88. The van der Waals surface area contributed by atoms with Crippen LogP contribution in [0.15, 0.2) is 28.8 Å². The minimum absolute atomic E-state index is 0.207. The van der Waals surface area contributed by atoms with Crippen LogP contribution in [0.1, 0.15) is 44.4 Å². The maximum absolute atomic E-state index is 13.0. The Morgan fingerprint density at radius 1 is 1.18 bits per heavy atom. The van der Waals surface area contributed by atoms with E-state index in [9.17, 15) is 9.18 Å². The summed E-state index contributed by atoms with van der Waals surface area (Å²) in [6.45, 7) is 2.83. The number of nitrogens with zero attached hydrogens (tertiary/aromatic N) is 3. The molecular weight excluding hydrogens is 359 g/mol. The van der Waals surface area contributed by atoms with Gasteiger partial charge in [0.2, 0.25) is 17.6 Å². The first kappa shape index (κ1) is 19.1. The van der Waals surface area contributed by atoms with Crippen molar-refractivity contribution in [1.29, 1.82) is 0 Å². The summed E-state index contributed by atoms with van der Waals surface area (Å²) in [4.78, 5) is 18.7. The van der Waals surface area contributed by atoms with Gasteiger partial charge in [0.1, 0.15) is 5.82 Å². The first-order valence-electron chi connectivity index (χ1n) is 10.3. The quantitative estimate of drug-likeness (QED) is 0.754. The highest BCUT2D eigenvalue weighted by molar-refractivity contribution is 5.76. The van der Waals surface area contributed by atoms with Crippen LogP contribution in [0.3, 0.4) is 0 Å². The zero-order valence-corrected chi connectivity index (χ0v) is 16.1. The van der Waals surface area contributed by atoms with Crippen LogP contribution in [0.5, 0.6) is 0 Å². The Labute approximate surface area is 164 Å². The molecule has 2 heterocycles. The lowest BCUT2D eigenvalue weighted by Crippen LogP contribution is -2.45. The van der Waals surface area contributed by atoms with Crippen LogP contribution in [-0.2, 0) is 11.2 Å². The van der Waals surface area contributed by atoms with Crippen LogP contribution in [0.25, 0.3) is 11.4 Å². The average Bonchev–Trinajstić information content (AvgIpc) is 3.44. The van der Waals surface area contributed by atoms with Gasteiger partial charge in [-0.1, -0.05) is 5.16 Å². The maximum Gasteiger partial charge on any atom is 0.226 e. The summed E-state index contributed by atoms with van der Waals surface area (Å²) in [5.74, 6) is 1.76. The minimum Gasteiger partial charge on any atom is -0.343 e. The molecule has 0 unspecified atom stereocenters. The Morgan fingerprint density at radius 2 is 1.93 bits per heavy atom. The van der Waals surface area contributed by atoms with E-state index < -0.39 is 0 Å². The number of carbonyl (C=O) groups is 1. The van der Waals surface area contributed by atoms with Gasteiger partial charge in [-0.25, -0.2) is 4.39 Å². The predicted octanol–water partition coefficient (Wildman–Crippen LogP) is 3.19. The molecule has 6 nitrogen and oxygen atoms in total. The molecule has 150 valence electrons. The largest absolute Gasteiger partial charge is 0.343 e. The number of halogens is 1. The number of aryl methyl sites for hydroxylation is 1. The molecule has 1 aromatic carbocycles. The van der Waals surface area contributed by atoms with E-state index in [1.807, 2.05) is 4.90 Å². The fourth-order valence-electron chi connectivity index (χ4n) is 3.61. The van der Waals surface area contributed by atoms with Crippen molar-refractivity contribution in [2.45, 2.75) is 51.0 Å². The predicted molar refractivity (Wildman–Crippen MR) is 103 cm³/mol. The van der Waals surface area contributed by atoms with E-state index in [4.69, 9.17) is 4.52 Å². The van der Waals surface area contributed by atoms with Gasteiger partial charge in [-0.05, 0) is 68.8 Å². The Kier molecular flexibility index (Phi) is 6.00. The monoisotopic (exact) mass is 386 g/mol. The van der Waals surface area contributed by atoms with E-state index in [0.29, 0.717) is 42.6 Å². The van der Waals surface area contributed by atoms with Gasteiger partial charge in [-0.3, -0.25) is 4.79 Å². The van der Waals surface area contributed by atoms with Crippen LogP contribution < -0.4 is 5.32 Å². The fourth-order valence-corrected chi connectivity index (χ4v) is 3.61. The van der Waals surface area contributed by atoms with E-state index in [0.717, 1.165) is 38.4 Å². The van der Waals surface area contributed by atoms with Crippen LogP contribution in [0.2, 0.25) is 0 Å². The molecule has 0 spiro atoms. The van der Waals surface area contributed by atoms with Crippen LogP contribution in [0.4, 0.5) is 4.39 Å². The van der Waals surface area contributed by atoms with Gasteiger partial charge in [0.25, 0.3) is 0 Å². The zero-order valence-electron chi connectivity index (χ0n) is 16.1. The lowest BCUT2D eigenvalue weighted by Gasteiger charge is -2.32. The summed E-state index contributed by atoms with van der Waals surface area (Å²) >= 11 is 0. The SMILES string of the molecule is O=C(CCCc1nc(-c2ccc(F)cc2)no1)N1CCC(NCC2CC2)CC1. The Hall–Kier alpha value is -2.28. The van der Waals surface area contributed by atoms with Gasteiger partial charge >= 0.3 is 0 Å². The molecule has 2 fully saturated rings.